The molecule has 0 radical (unpaired) electrons. The highest BCUT2D eigenvalue weighted by Crippen LogP contribution is 2.33. The maximum atomic E-state index is 14.5. The first-order valence-electron chi connectivity index (χ1n) is 10.6. The quantitative estimate of drug-likeness (QED) is 0.603. The van der Waals surface area contributed by atoms with E-state index in [4.69, 9.17) is 0 Å². The van der Waals surface area contributed by atoms with E-state index in [0.717, 1.165) is 35.4 Å². The molecule has 2 aliphatic heterocycles. The van der Waals surface area contributed by atoms with E-state index < -0.39 is 11.9 Å². The predicted octanol–water partition coefficient (Wildman–Crippen LogP) is 1.61. The van der Waals surface area contributed by atoms with Crippen LogP contribution in [0.2, 0.25) is 0 Å². The number of nitrogens with one attached hydrogen (secondary N) is 2. The third-order valence-corrected chi connectivity index (χ3v) is 6.22. The first kappa shape index (κ1) is 20.4. The van der Waals surface area contributed by atoms with Gasteiger partial charge in [0, 0.05) is 51.5 Å². The van der Waals surface area contributed by atoms with Gasteiger partial charge in [0.05, 0.1) is 29.0 Å². The fraction of sp³-hybridized carbons (Fsp3) is 0.364. The molecule has 32 heavy (non-hydrogen) atoms. The summed E-state index contributed by atoms with van der Waals surface area (Å²) in [6, 6.07) is 5.16. The molecule has 0 spiro atoms. The van der Waals surface area contributed by atoms with Gasteiger partial charge >= 0.3 is 0 Å². The molecule has 10 heteroatoms. The number of rotatable bonds is 4. The fourth-order valence-corrected chi connectivity index (χ4v) is 4.40. The smallest absolute Gasteiger partial charge is 0.269 e. The van der Waals surface area contributed by atoms with Crippen molar-refractivity contribution in [2.75, 3.05) is 43.4 Å². The van der Waals surface area contributed by atoms with Crippen LogP contribution in [-0.4, -0.2) is 64.5 Å². The molecule has 166 valence electrons. The summed E-state index contributed by atoms with van der Waals surface area (Å²) in [5.74, 6) is -1.27. The molecule has 5 rings (SSSR count). The van der Waals surface area contributed by atoms with E-state index in [0.29, 0.717) is 25.3 Å². The highest BCUT2D eigenvalue weighted by atomic mass is 19.1. The van der Waals surface area contributed by atoms with E-state index >= 15 is 0 Å². The van der Waals surface area contributed by atoms with Gasteiger partial charge in [-0.15, -0.1) is 0 Å². The van der Waals surface area contributed by atoms with E-state index in [1.165, 1.54) is 13.1 Å². The minimum Gasteiger partial charge on any atom is -0.365 e. The zero-order chi connectivity index (χ0) is 22.4. The Bertz CT molecular complexity index is 1220. The van der Waals surface area contributed by atoms with Crippen LogP contribution in [0, 0.1) is 5.95 Å². The van der Waals surface area contributed by atoms with E-state index in [1.807, 2.05) is 28.6 Å². The molecule has 2 amide bonds. The summed E-state index contributed by atoms with van der Waals surface area (Å²) in [5, 5.41) is 9.87. The molecule has 0 aromatic carbocycles. The maximum Gasteiger partial charge on any atom is 0.269 e. The molecule has 3 aromatic rings. The van der Waals surface area contributed by atoms with E-state index in [9.17, 15) is 14.0 Å². The van der Waals surface area contributed by atoms with Gasteiger partial charge in [-0.2, -0.15) is 9.49 Å². The number of halogens is 1. The summed E-state index contributed by atoms with van der Waals surface area (Å²) in [6.07, 6.45) is 3.77. The molecule has 1 unspecified atom stereocenters. The molecule has 1 atom stereocenters. The van der Waals surface area contributed by atoms with Gasteiger partial charge in [0.2, 0.25) is 11.9 Å². The summed E-state index contributed by atoms with van der Waals surface area (Å²) in [6.45, 7) is 5.37. The molecule has 0 saturated carbocycles. The Morgan fingerprint density at radius 2 is 2.06 bits per heavy atom. The van der Waals surface area contributed by atoms with Crippen molar-refractivity contribution in [1.82, 2.24) is 24.8 Å². The summed E-state index contributed by atoms with van der Waals surface area (Å²) < 4.78 is 16.3. The molecule has 5 heterocycles. The topological polar surface area (TPSA) is 94.9 Å². The zero-order valence-electron chi connectivity index (χ0n) is 17.9. The van der Waals surface area contributed by atoms with E-state index in [-0.39, 0.29) is 17.5 Å². The van der Waals surface area contributed by atoms with Gasteiger partial charge < -0.3 is 15.5 Å². The largest absolute Gasteiger partial charge is 0.365 e. The number of carbonyl (C=O) groups is 2. The van der Waals surface area contributed by atoms with Gasteiger partial charge in [0.15, 0.2) is 0 Å². The van der Waals surface area contributed by atoms with Crippen LogP contribution in [0.5, 0.6) is 0 Å². The minimum absolute atomic E-state index is 0.0174. The molecule has 0 aliphatic carbocycles. The average molecular weight is 437 g/mol. The van der Waals surface area contributed by atoms with Crippen LogP contribution in [0.3, 0.4) is 0 Å². The summed E-state index contributed by atoms with van der Waals surface area (Å²) >= 11 is 0. The van der Waals surface area contributed by atoms with Crippen LogP contribution in [-0.2, 0) is 11.3 Å². The Balaban J connectivity index is 1.27. The number of hydrogen-bond acceptors (Lipinski definition) is 6. The summed E-state index contributed by atoms with van der Waals surface area (Å²) in [5.41, 5.74) is 4.21. The summed E-state index contributed by atoms with van der Waals surface area (Å²) in [4.78, 5) is 31.9. The molecule has 9 nitrogen and oxygen atoms in total. The lowest BCUT2D eigenvalue weighted by atomic mass is 9.97. The van der Waals surface area contributed by atoms with Crippen LogP contribution < -0.4 is 15.5 Å². The molecule has 3 aromatic heterocycles. The Morgan fingerprint density at radius 1 is 1.28 bits per heavy atom. The molecular formula is C22H24FN7O2. The lowest BCUT2D eigenvalue weighted by molar-refractivity contribution is -0.117. The number of anilines is 2. The Morgan fingerprint density at radius 3 is 2.78 bits per heavy atom. The Kier molecular flexibility index (Phi) is 5.01. The van der Waals surface area contributed by atoms with Crippen molar-refractivity contribution in [3.63, 3.8) is 0 Å². The van der Waals surface area contributed by atoms with Crippen LogP contribution in [0.15, 0.2) is 30.6 Å². The number of nitrogens with zero attached hydrogens (tertiary/aromatic N) is 5. The second-order valence-electron chi connectivity index (χ2n) is 8.21. The second kappa shape index (κ2) is 7.86. The van der Waals surface area contributed by atoms with Crippen molar-refractivity contribution in [2.24, 2.45) is 0 Å². The first-order valence-corrected chi connectivity index (χ1v) is 10.6. The van der Waals surface area contributed by atoms with Gasteiger partial charge in [-0.1, -0.05) is 0 Å². The van der Waals surface area contributed by atoms with Crippen molar-refractivity contribution in [3.8, 4) is 0 Å². The third-order valence-electron chi connectivity index (χ3n) is 6.22. The van der Waals surface area contributed by atoms with Gasteiger partial charge in [-0.25, -0.2) is 9.50 Å². The standard InChI is InChI=1S/C22H24FN7O2/c1-13-15-10-25-30-12-14(9-17(19(15)30)27-21(13)31)11-28-5-7-29(8-6-28)18-4-3-16(22(32)24-2)26-20(18)23/h3-4,9-10,12-13H,5-8,11H2,1-2H3,(H,24,32)(H,27,31). The number of carbonyl (C=O) groups excluding carboxylic acids is 2. The SMILES string of the molecule is CNC(=O)c1ccc(N2CCN(Cc3cc4c5c(cnn5c3)C(C)C(=O)N4)CC2)c(F)n1. The Hall–Kier alpha value is -3.53. The molecule has 1 saturated heterocycles. The van der Waals surface area contributed by atoms with Crippen molar-refractivity contribution in [2.45, 2.75) is 19.4 Å². The lowest BCUT2D eigenvalue weighted by Gasteiger charge is -2.36. The lowest BCUT2D eigenvalue weighted by Crippen LogP contribution is -2.46. The van der Waals surface area contributed by atoms with Gasteiger partial charge in [-0.3, -0.25) is 14.5 Å². The fourth-order valence-electron chi connectivity index (χ4n) is 4.40. The first-order chi connectivity index (χ1) is 15.4. The van der Waals surface area contributed by atoms with Gasteiger partial charge in [0.25, 0.3) is 5.91 Å². The normalized spacial score (nSPS) is 18.7. The highest BCUT2D eigenvalue weighted by molar-refractivity contribution is 6.04. The average Bonchev–Trinajstić information content (AvgIpc) is 3.22. The maximum absolute atomic E-state index is 14.5. The Labute approximate surface area is 184 Å². The van der Waals surface area contributed by atoms with Gasteiger partial charge in [-0.05, 0) is 30.7 Å². The van der Waals surface area contributed by atoms with Gasteiger partial charge in [0.1, 0.15) is 5.69 Å². The minimum atomic E-state index is -0.636. The number of hydrogen-bond donors (Lipinski definition) is 2. The molecule has 2 aliphatic rings. The number of pyridine rings is 2. The monoisotopic (exact) mass is 437 g/mol. The van der Waals surface area contributed by atoms with E-state index in [2.05, 4.69) is 25.6 Å². The van der Waals surface area contributed by atoms with Crippen LogP contribution >= 0.6 is 0 Å². The number of amides is 2. The molecule has 2 N–H and O–H groups in total. The van der Waals surface area contributed by atoms with Crippen molar-refractivity contribution in [1.29, 1.82) is 0 Å². The highest BCUT2D eigenvalue weighted by Gasteiger charge is 2.28. The van der Waals surface area contributed by atoms with E-state index in [1.54, 1.807) is 12.3 Å². The van der Waals surface area contributed by atoms with Crippen LogP contribution in [0.25, 0.3) is 5.52 Å². The number of aromatic nitrogens is 3. The van der Waals surface area contributed by atoms with Crippen LogP contribution in [0.1, 0.15) is 34.5 Å². The third kappa shape index (κ3) is 3.46. The summed E-state index contributed by atoms with van der Waals surface area (Å²) in [7, 11) is 1.49. The van der Waals surface area contributed by atoms with Crippen molar-refractivity contribution in [3.05, 3.63) is 53.4 Å². The van der Waals surface area contributed by atoms with Crippen molar-refractivity contribution >= 4 is 28.7 Å². The molecule has 1 fully saturated rings. The molecular weight excluding hydrogens is 413 g/mol. The molecule has 0 bridgehead atoms. The number of piperazine rings is 1. The predicted molar refractivity (Wildman–Crippen MR) is 117 cm³/mol. The second-order valence-corrected chi connectivity index (χ2v) is 8.21. The van der Waals surface area contributed by atoms with Crippen LogP contribution in [0.4, 0.5) is 15.8 Å². The van der Waals surface area contributed by atoms with Crippen molar-refractivity contribution < 1.29 is 14.0 Å². The zero-order valence-corrected chi connectivity index (χ0v) is 17.9.